The number of anilines is 1. The van der Waals surface area contributed by atoms with E-state index < -0.39 is 13.7 Å². The molecule has 1 aliphatic rings. The molecular formula is C32H37N7O2Si. The molecule has 0 bridgehead atoms. The van der Waals surface area contributed by atoms with Gasteiger partial charge in [0.1, 0.15) is 24.5 Å². The molecule has 5 rings (SSSR count). The summed E-state index contributed by atoms with van der Waals surface area (Å²) in [4.78, 5) is 8.98. The van der Waals surface area contributed by atoms with Gasteiger partial charge in [-0.3, -0.25) is 0 Å². The molecule has 3 aromatic carbocycles. The Bertz CT molecular complexity index is 1460. The van der Waals surface area contributed by atoms with Crippen molar-refractivity contribution >= 4 is 13.9 Å². The highest BCUT2D eigenvalue weighted by Crippen LogP contribution is 2.37. The number of ether oxygens (including phenoxy) is 2. The fourth-order valence-electron chi connectivity index (χ4n) is 4.63. The molecule has 0 aliphatic carbocycles. The second-order valence-corrected chi connectivity index (χ2v) is 17.2. The molecule has 0 saturated heterocycles. The van der Waals surface area contributed by atoms with Crippen LogP contribution in [-0.2, 0) is 11.3 Å². The van der Waals surface area contributed by atoms with Crippen molar-refractivity contribution in [2.45, 2.75) is 43.9 Å². The average molecular weight is 580 g/mol. The molecule has 2 heterocycles. The summed E-state index contributed by atoms with van der Waals surface area (Å²) in [5.74, 6) is 1.32. The quantitative estimate of drug-likeness (QED) is 0.121. The van der Waals surface area contributed by atoms with Crippen LogP contribution in [0.1, 0.15) is 17.0 Å². The highest BCUT2D eigenvalue weighted by molar-refractivity contribution is 6.76. The van der Waals surface area contributed by atoms with Crippen molar-refractivity contribution in [1.82, 2.24) is 9.97 Å². The summed E-state index contributed by atoms with van der Waals surface area (Å²) in [5.41, 5.74) is 3.03. The standard InChI is InChI=1S/C32H37N7O2Si/c1-42(2,3)19-18-40-23-32(36-38-39-37-32)29(26-12-8-5-9-13-26)21-33-31-20-30(34-24-35-31)27-14-16-28(17-15-27)41-22-25-10-6-4-7-11-25/h4-17,20,24,29H,18-19,21-23H2,1-3H3,(H,33,34,35). The number of hydrogen-bond acceptors (Lipinski definition) is 9. The first-order valence-electron chi connectivity index (χ1n) is 14.2. The Hall–Kier alpha value is -4.28. The molecule has 9 nitrogen and oxygen atoms in total. The monoisotopic (exact) mass is 579 g/mol. The fourth-order valence-corrected chi connectivity index (χ4v) is 5.38. The van der Waals surface area contributed by atoms with Crippen LogP contribution in [0.15, 0.2) is 118 Å². The van der Waals surface area contributed by atoms with Gasteiger partial charge in [-0.1, -0.05) is 80.3 Å². The number of benzene rings is 3. The highest BCUT2D eigenvalue weighted by atomic mass is 28.3. The van der Waals surface area contributed by atoms with Crippen LogP contribution >= 0.6 is 0 Å². The van der Waals surface area contributed by atoms with E-state index in [1.54, 1.807) is 6.33 Å². The number of rotatable bonds is 14. The Morgan fingerprint density at radius 2 is 1.52 bits per heavy atom. The van der Waals surface area contributed by atoms with Crippen LogP contribution in [0.2, 0.25) is 25.7 Å². The van der Waals surface area contributed by atoms with Crippen molar-refractivity contribution in [3.8, 4) is 17.0 Å². The zero-order chi connectivity index (χ0) is 29.3. The minimum Gasteiger partial charge on any atom is -0.489 e. The Morgan fingerprint density at radius 1 is 0.833 bits per heavy atom. The molecule has 1 unspecified atom stereocenters. The van der Waals surface area contributed by atoms with Gasteiger partial charge in [-0.15, -0.1) is 10.2 Å². The first-order valence-corrected chi connectivity index (χ1v) is 17.9. The zero-order valence-electron chi connectivity index (χ0n) is 24.4. The van der Waals surface area contributed by atoms with Gasteiger partial charge < -0.3 is 14.8 Å². The van der Waals surface area contributed by atoms with Crippen molar-refractivity contribution in [2.75, 3.05) is 25.1 Å². The van der Waals surface area contributed by atoms with Crippen LogP contribution in [0.3, 0.4) is 0 Å². The SMILES string of the molecule is C[Si](C)(C)CCOCC1(C(CNc2cc(-c3ccc(OCc4ccccc4)cc3)ncn2)c2ccccc2)N=NN=N1. The second kappa shape index (κ2) is 13.6. The first-order chi connectivity index (χ1) is 20.4. The fraction of sp³-hybridized carbons (Fsp3) is 0.312. The Morgan fingerprint density at radius 3 is 2.21 bits per heavy atom. The van der Waals surface area contributed by atoms with Gasteiger partial charge >= 0.3 is 0 Å². The lowest BCUT2D eigenvalue weighted by atomic mass is 9.87. The third-order valence-corrected chi connectivity index (χ3v) is 8.80. The summed E-state index contributed by atoms with van der Waals surface area (Å²) in [6, 6.07) is 31.2. The third kappa shape index (κ3) is 7.92. The van der Waals surface area contributed by atoms with E-state index in [4.69, 9.17) is 9.47 Å². The lowest BCUT2D eigenvalue weighted by Gasteiger charge is -2.30. The summed E-state index contributed by atoms with van der Waals surface area (Å²) in [7, 11) is -1.23. The van der Waals surface area contributed by atoms with Gasteiger partial charge in [0, 0.05) is 32.9 Å². The molecule has 42 heavy (non-hydrogen) atoms. The van der Waals surface area contributed by atoms with E-state index in [2.05, 4.69) is 67.7 Å². The normalized spacial score (nSPS) is 14.5. The van der Waals surface area contributed by atoms with E-state index in [0.717, 1.165) is 34.2 Å². The van der Waals surface area contributed by atoms with Crippen LogP contribution in [0.4, 0.5) is 5.82 Å². The highest BCUT2D eigenvalue weighted by Gasteiger charge is 2.43. The van der Waals surface area contributed by atoms with Gasteiger partial charge in [0.2, 0.25) is 5.66 Å². The summed E-state index contributed by atoms with van der Waals surface area (Å²) in [6.07, 6.45) is 1.57. The van der Waals surface area contributed by atoms with Crippen LogP contribution in [0.25, 0.3) is 11.3 Å². The molecule has 1 atom stereocenters. The van der Waals surface area contributed by atoms with Crippen LogP contribution in [0, 0.1) is 0 Å². The summed E-state index contributed by atoms with van der Waals surface area (Å²) in [6.45, 7) is 9.00. The van der Waals surface area contributed by atoms with Crippen molar-refractivity contribution in [3.05, 3.63) is 108 Å². The average Bonchev–Trinajstić information content (AvgIpc) is 3.49. The van der Waals surface area contributed by atoms with Crippen molar-refractivity contribution in [1.29, 1.82) is 0 Å². The van der Waals surface area contributed by atoms with E-state index in [1.165, 1.54) is 0 Å². The van der Waals surface area contributed by atoms with E-state index in [-0.39, 0.29) is 5.92 Å². The molecular weight excluding hydrogens is 542 g/mol. The van der Waals surface area contributed by atoms with Crippen LogP contribution < -0.4 is 10.1 Å². The maximum atomic E-state index is 6.14. The predicted octanol–water partition coefficient (Wildman–Crippen LogP) is 7.80. The van der Waals surface area contributed by atoms with Gasteiger partial charge in [-0.25, -0.2) is 9.97 Å². The third-order valence-electron chi connectivity index (χ3n) is 7.10. The molecule has 0 amide bonds. The van der Waals surface area contributed by atoms with Crippen molar-refractivity contribution in [2.24, 2.45) is 20.7 Å². The number of hydrogen-bond donors (Lipinski definition) is 1. The molecule has 10 heteroatoms. The molecule has 0 spiro atoms. The van der Waals surface area contributed by atoms with Crippen LogP contribution in [0.5, 0.6) is 5.75 Å². The largest absolute Gasteiger partial charge is 0.489 e. The Kier molecular flexibility index (Phi) is 9.45. The van der Waals surface area contributed by atoms with Gasteiger partial charge in [0.15, 0.2) is 0 Å². The molecule has 0 saturated carbocycles. The molecule has 0 fully saturated rings. The molecule has 1 aromatic heterocycles. The van der Waals surface area contributed by atoms with Crippen LogP contribution in [-0.4, -0.2) is 43.5 Å². The maximum absolute atomic E-state index is 6.14. The van der Waals surface area contributed by atoms with Crippen molar-refractivity contribution in [3.63, 3.8) is 0 Å². The topological polar surface area (TPSA) is 106 Å². The Labute approximate surface area is 248 Å². The first kappa shape index (κ1) is 29.2. The molecule has 216 valence electrons. The summed E-state index contributed by atoms with van der Waals surface area (Å²) < 4.78 is 12.1. The van der Waals surface area contributed by atoms with Crippen molar-refractivity contribution < 1.29 is 9.47 Å². The van der Waals surface area contributed by atoms with Gasteiger partial charge in [-0.2, -0.15) is 0 Å². The van der Waals surface area contributed by atoms with Gasteiger partial charge in [0.25, 0.3) is 0 Å². The minimum absolute atomic E-state index is 0.181. The molecule has 1 N–H and O–H groups in total. The lowest BCUT2D eigenvalue weighted by Crippen LogP contribution is -2.40. The summed E-state index contributed by atoms with van der Waals surface area (Å²) >= 11 is 0. The minimum atomic E-state index is -1.23. The van der Waals surface area contributed by atoms with Gasteiger partial charge in [-0.05, 0) is 51.9 Å². The molecule has 1 aliphatic heterocycles. The molecule has 4 aromatic rings. The van der Waals surface area contributed by atoms with E-state index in [9.17, 15) is 0 Å². The number of nitrogens with zero attached hydrogens (tertiary/aromatic N) is 6. The van der Waals surface area contributed by atoms with Gasteiger partial charge in [0.05, 0.1) is 18.2 Å². The smallest absolute Gasteiger partial charge is 0.226 e. The second-order valence-electron chi connectivity index (χ2n) is 11.6. The molecule has 0 radical (unpaired) electrons. The number of nitrogens with one attached hydrogen (secondary N) is 1. The lowest BCUT2D eigenvalue weighted by molar-refractivity contribution is 0.0860. The van der Waals surface area contributed by atoms with E-state index >= 15 is 0 Å². The number of aromatic nitrogens is 2. The zero-order valence-corrected chi connectivity index (χ0v) is 25.4. The van der Waals surface area contributed by atoms with E-state index in [1.807, 2.05) is 78.9 Å². The predicted molar refractivity (Wildman–Crippen MR) is 167 cm³/mol. The van der Waals surface area contributed by atoms with E-state index in [0.29, 0.717) is 32.2 Å². The summed E-state index contributed by atoms with van der Waals surface area (Å²) in [5, 5.41) is 20.3. The Balaban J connectivity index is 1.27. The maximum Gasteiger partial charge on any atom is 0.226 e.